The molecule has 8 nitrogen and oxygen atoms in total. The molecule has 357 valence electrons. The van der Waals surface area contributed by atoms with Crippen LogP contribution in [0.25, 0.3) is 107 Å². The van der Waals surface area contributed by atoms with Crippen LogP contribution in [0.5, 0.6) is 11.5 Å². The smallest absolute Gasteiger partial charge is 0.204 e. The summed E-state index contributed by atoms with van der Waals surface area (Å²) in [5.41, 5.74) is 17.8. The molecule has 0 spiro atoms. The van der Waals surface area contributed by atoms with E-state index in [0.717, 1.165) is 88.9 Å². The van der Waals surface area contributed by atoms with E-state index in [1.54, 1.807) is 0 Å². The zero-order valence-corrected chi connectivity index (χ0v) is 42.2. The number of aromatic nitrogens is 7. The Labute approximate surface area is 436 Å². The summed E-state index contributed by atoms with van der Waals surface area (Å²) in [5, 5.41) is 2.03. The predicted molar refractivity (Wildman–Crippen MR) is 305 cm³/mol. The van der Waals surface area contributed by atoms with Gasteiger partial charge in [-0.3, -0.25) is 0 Å². The molecule has 4 heterocycles. The molecule has 1 radical (unpaired) electrons. The molecule has 0 aliphatic carbocycles. The third kappa shape index (κ3) is 8.42. The molecule has 0 saturated carbocycles. The molecule has 0 amide bonds. The van der Waals surface area contributed by atoms with Crippen molar-refractivity contribution in [1.29, 1.82) is 0 Å². The molecule has 3 aromatic heterocycles. The van der Waals surface area contributed by atoms with E-state index in [4.69, 9.17) is 34.6 Å². The summed E-state index contributed by atoms with van der Waals surface area (Å²) < 4.78 is 9.35. The van der Waals surface area contributed by atoms with E-state index < -0.39 is 0 Å². The molecule has 0 atom stereocenters. The van der Waals surface area contributed by atoms with Crippen LogP contribution in [-0.4, -0.2) is 41.8 Å². The fraction of sp³-hybridized carbons (Fsp3) is 0.0909. The van der Waals surface area contributed by atoms with Crippen molar-refractivity contribution in [1.82, 2.24) is 34.5 Å². The van der Waals surface area contributed by atoms with Crippen molar-refractivity contribution in [2.75, 3.05) is 0 Å². The van der Waals surface area contributed by atoms with Gasteiger partial charge in [-0.2, -0.15) is 0 Å². The van der Waals surface area contributed by atoms with Crippen LogP contribution in [0.1, 0.15) is 42.0 Å². The molecule has 75 heavy (non-hydrogen) atoms. The maximum Gasteiger partial charge on any atom is 0.204 e. The average Bonchev–Trinajstić information content (AvgIpc) is 3.84. The van der Waals surface area contributed by atoms with Gasteiger partial charge in [0.25, 0.3) is 0 Å². The summed E-state index contributed by atoms with van der Waals surface area (Å²) in [5.74, 6) is 5.44. The Morgan fingerprint density at radius 1 is 0.400 bits per heavy atom. The van der Waals surface area contributed by atoms with Gasteiger partial charge in [-0.25, -0.2) is 29.9 Å². The SMILES string of the molecule is Cc1cc(C)c(-c2ccc3c(c2)[B]c2c(cc(C(C)C)cc2-n2c4ccc(-c5nc(-c6ccccc6)nc(-c6ccccc6)n5)cc4c4cc(-c5nc(-c6ccccc6)nc(-c6ccccc6)n5)ccc42)O3)c(C)c1. The van der Waals surface area contributed by atoms with Gasteiger partial charge in [0.1, 0.15) is 11.5 Å². The molecule has 0 saturated heterocycles. The summed E-state index contributed by atoms with van der Waals surface area (Å²) in [6.45, 7) is 11.0. The number of aryl methyl sites for hydroxylation is 3. The largest absolute Gasteiger partial charge is 0.458 e. The number of rotatable bonds is 9. The lowest BCUT2D eigenvalue weighted by atomic mass is 9.60. The minimum atomic E-state index is 0.225. The van der Waals surface area contributed by atoms with Crippen molar-refractivity contribution in [3.05, 3.63) is 222 Å². The molecule has 0 bridgehead atoms. The number of fused-ring (bicyclic) bond motifs is 5. The molecular weight excluding hydrogens is 918 g/mol. The van der Waals surface area contributed by atoms with Crippen molar-refractivity contribution >= 4 is 40.0 Å². The van der Waals surface area contributed by atoms with Crippen molar-refractivity contribution in [2.24, 2.45) is 0 Å². The predicted octanol–water partition coefficient (Wildman–Crippen LogP) is 14.6. The van der Waals surface area contributed by atoms with Crippen LogP contribution in [0.3, 0.4) is 0 Å². The zero-order chi connectivity index (χ0) is 50.7. The van der Waals surface area contributed by atoms with Gasteiger partial charge in [0, 0.05) is 49.8 Å². The van der Waals surface area contributed by atoms with Gasteiger partial charge in [0.2, 0.25) is 7.28 Å². The highest BCUT2D eigenvalue weighted by Gasteiger charge is 2.27. The average molecular weight is 967 g/mol. The molecule has 0 unspecified atom stereocenters. The third-order valence-electron chi connectivity index (χ3n) is 14.2. The summed E-state index contributed by atoms with van der Waals surface area (Å²) in [6, 6.07) is 69.2. The molecule has 9 aromatic carbocycles. The Morgan fingerprint density at radius 3 is 1.24 bits per heavy atom. The van der Waals surface area contributed by atoms with Crippen molar-refractivity contribution < 1.29 is 4.74 Å². The van der Waals surface area contributed by atoms with Crippen LogP contribution < -0.4 is 15.7 Å². The normalized spacial score (nSPS) is 11.9. The number of ether oxygens (including phenoxy) is 1. The van der Waals surface area contributed by atoms with Crippen LogP contribution in [0.4, 0.5) is 0 Å². The highest BCUT2D eigenvalue weighted by Crippen LogP contribution is 2.40. The Kier molecular flexibility index (Phi) is 11.3. The number of nitrogens with zero attached hydrogens (tertiary/aromatic N) is 7. The minimum Gasteiger partial charge on any atom is -0.458 e. The van der Waals surface area contributed by atoms with E-state index in [-0.39, 0.29) is 5.92 Å². The Hall–Kier alpha value is -9.34. The molecule has 13 rings (SSSR count). The van der Waals surface area contributed by atoms with Crippen molar-refractivity contribution in [3.8, 4) is 96.6 Å². The maximum absolute atomic E-state index is 6.96. The van der Waals surface area contributed by atoms with Crippen LogP contribution in [0.15, 0.2) is 200 Å². The number of hydrogen-bond acceptors (Lipinski definition) is 7. The standard InChI is InChI=1S/C66H49BN7O/c1-39(2)50-37-56(60-58(38-50)75-57-31-28-47(36-53(57)67-60)59-41(4)32-40(3)33-42(59)5)74-54-29-26-48(65-70-61(43-18-10-6-11-19-43)68-62(71-65)44-20-12-7-13-21-44)34-51(54)52-35-49(27-30-55(52)74)66-72-63(45-22-14-8-15-23-45)69-64(73-66)46-24-16-9-17-25-46/h6-39H,1-5H3. The second-order valence-electron chi connectivity index (χ2n) is 19.8. The van der Waals surface area contributed by atoms with E-state index in [2.05, 4.69) is 125 Å². The molecule has 0 fully saturated rings. The van der Waals surface area contributed by atoms with Crippen LogP contribution >= 0.6 is 0 Å². The highest BCUT2D eigenvalue weighted by atomic mass is 16.5. The molecule has 0 N–H and O–H groups in total. The molecule has 1 aliphatic rings. The first kappa shape index (κ1) is 45.5. The first-order valence-electron chi connectivity index (χ1n) is 25.4. The fourth-order valence-corrected chi connectivity index (χ4v) is 10.6. The fourth-order valence-electron chi connectivity index (χ4n) is 10.6. The molecule has 1 aliphatic heterocycles. The van der Waals surface area contributed by atoms with E-state index in [1.807, 2.05) is 121 Å². The monoisotopic (exact) mass is 966 g/mol. The summed E-state index contributed by atoms with van der Waals surface area (Å²) in [6.07, 6.45) is 0. The molecular formula is C66H49BN7O. The Balaban J connectivity index is 1.04. The third-order valence-corrected chi connectivity index (χ3v) is 14.2. The summed E-state index contributed by atoms with van der Waals surface area (Å²) in [7, 11) is 2.30. The first-order valence-corrected chi connectivity index (χ1v) is 25.4. The lowest BCUT2D eigenvalue weighted by molar-refractivity contribution is 0.486. The van der Waals surface area contributed by atoms with Gasteiger partial charge < -0.3 is 9.30 Å². The van der Waals surface area contributed by atoms with Crippen LogP contribution in [0, 0.1) is 20.8 Å². The van der Waals surface area contributed by atoms with Crippen molar-refractivity contribution in [3.63, 3.8) is 0 Å². The number of hydrogen-bond donors (Lipinski definition) is 0. The first-order chi connectivity index (χ1) is 36.7. The minimum absolute atomic E-state index is 0.225. The van der Waals surface area contributed by atoms with Gasteiger partial charge >= 0.3 is 0 Å². The van der Waals surface area contributed by atoms with E-state index in [1.165, 1.54) is 27.8 Å². The zero-order valence-electron chi connectivity index (χ0n) is 42.2. The highest BCUT2D eigenvalue weighted by molar-refractivity contribution is 6.71. The molecule has 9 heteroatoms. The Morgan fingerprint density at radius 2 is 0.813 bits per heavy atom. The van der Waals surface area contributed by atoms with E-state index in [9.17, 15) is 0 Å². The van der Waals surface area contributed by atoms with Gasteiger partial charge in [0.15, 0.2) is 34.9 Å². The lowest BCUT2D eigenvalue weighted by Gasteiger charge is -2.26. The van der Waals surface area contributed by atoms with E-state index >= 15 is 0 Å². The van der Waals surface area contributed by atoms with Crippen LogP contribution in [0.2, 0.25) is 0 Å². The second-order valence-corrected chi connectivity index (χ2v) is 19.8. The Bertz CT molecular complexity index is 3860. The quantitative estimate of drug-likeness (QED) is 0.133. The summed E-state index contributed by atoms with van der Waals surface area (Å²) >= 11 is 0. The summed E-state index contributed by atoms with van der Waals surface area (Å²) in [4.78, 5) is 30.7. The van der Waals surface area contributed by atoms with Crippen molar-refractivity contribution in [2.45, 2.75) is 40.5 Å². The topological polar surface area (TPSA) is 91.5 Å². The van der Waals surface area contributed by atoms with E-state index in [0.29, 0.717) is 34.9 Å². The van der Waals surface area contributed by atoms with Gasteiger partial charge in [-0.15, -0.1) is 0 Å². The molecule has 12 aromatic rings. The van der Waals surface area contributed by atoms with Gasteiger partial charge in [0.05, 0.1) is 11.0 Å². The lowest BCUT2D eigenvalue weighted by Crippen LogP contribution is -2.36. The van der Waals surface area contributed by atoms with Gasteiger partial charge in [-0.1, -0.05) is 165 Å². The van der Waals surface area contributed by atoms with Gasteiger partial charge in [-0.05, 0) is 120 Å². The van der Waals surface area contributed by atoms with Crippen LogP contribution in [-0.2, 0) is 0 Å². The maximum atomic E-state index is 6.96. The second kappa shape index (κ2) is 18.6. The number of benzene rings is 9.